The molecule has 0 radical (unpaired) electrons. The van der Waals surface area contributed by atoms with Gasteiger partial charge in [0.25, 0.3) is 0 Å². The van der Waals surface area contributed by atoms with E-state index in [1.54, 1.807) is 0 Å². The maximum absolute atomic E-state index is 8.88. The summed E-state index contributed by atoms with van der Waals surface area (Å²) in [6.07, 6.45) is 0. The Balaban J connectivity index is -0.0000000800. The van der Waals surface area contributed by atoms with Crippen molar-refractivity contribution < 1.29 is 20.7 Å². The van der Waals surface area contributed by atoms with Crippen molar-refractivity contribution in [2.75, 3.05) is 0 Å². The number of hydrogen-bond donors (Lipinski definition) is 3. The van der Waals surface area contributed by atoms with E-state index in [1.807, 2.05) is 0 Å². The van der Waals surface area contributed by atoms with Gasteiger partial charge in [0.1, 0.15) is 0 Å². The molecule has 0 atom stereocenters. The Kier molecular flexibility index (Phi) is 3.74. The SMILES string of the molecule is O=P(O)(O)O.[B+3].[H+]. The largest absolute Gasteiger partial charge is 3.00 e. The molecule has 3 N–H and O–H groups in total. The summed E-state index contributed by atoms with van der Waals surface area (Å²) in [6.45, 7) is 0. The molecule has 0 amide bonds. The van der Waals surface area contributed by atoms with Crippen LogP contribution in [0.25, 0.3) is 0 Å². The molecule has 0 aliphatic carbocycles. The van der Waals surface area contributed by atoms with Crippen molar-refractivity contribution in [3.8, 4) is 0 Å². The Hall–Kier alpha value is 0.175. The molecule has 0 aliphatic heterocycles. The van der Waals surface area contributed by atoms with Crippen LogP contribution in [0.4, 0.5) is 0 Å². The quantitative estimate of drug-likeness (QED) is 0.270. The maximum atomic E-state index is 8.88. The fourth-order valence-corrected chi connectivity index (χ4v) is 0. The predicted octanol–water partition coefficient (Wildman–Crippen LogP) is -1.20. The molecule has 0 heterocycles. The molecule has 0 aromatic rings. The van der Waals surface area contributed by atoms with E-state index in [0.717, 1.165) is 0 Å². The summed E-state index contributed by atoms with van der Waals surface area (Å²) in [4.78, 5) is 21.6. The third kappa shape index (κ3) is 1380. The number of rotatable bonds is 0. The van der Waals surface area contributed by atoms with Crippen LogP contribution in [0.15, 0.2) is 0 Å². The van der Waals surface area contributed by atoms with E-state index in [9.17, 15) is 0 Å². The minimum Gasteiger partial charge on any atom is -0.303 e. The van der Waals surface area contributed by atoms with Gasteiger partial charge >= 0.3 is 17.7 Å². The maximum Gasteiger partial charge on any atom is 3.00 e. The van der Waals surface area contributed by atoms with Crippen LogP contribution in [-0.2, 0) is 4.57 Å². The average Bonchev–Trinajstić information content (AvgIpc) is 0.722. The van der Waals surface area contributed by atoms with Crippen LogP contribution in [0.1, 0.15) is 1.43 Å². The first-order valence-corrected chi connectivity index (χ1v) is 2.35. The molecule has 0 rings (SSSR count). The van der Waals surface area contributed by atoms with Crippen LogP contribution in [-0.4, -0.2) is 23.1 Å². The van der Waals surface area contributed by atoms with E-state index in [1.165, 1.54) is 0 Å². The molecule has 0 aromatic carbocycles. The summed E-state index contributed by atoms with van der Waals surface area (Å²) in [5.41, 5.74) is 0. The molecular weight excluding hydrogens is 106 g/mol. The second-order valence-electron chi connectivity index (χ2n) is 0.513. The van der Waals surface area contributed by atoms with Crippen LogP contribution >= 0.6 is 7.82 Å². The second kappa shape index (κ2) is 2.37. The minimum absolute atomic E-state index is 0. The zero-order chi connectivity index (χ0) is 4.50. The molecule has 0 spiro atoms. The first kappa shape index (κ1) is 9.49. The second-order valence-corrected chi connectivity index (χ2v) is 1.54. The number of hydrogen-bond acceptors (Lipinski definition) is 1. The van der Waals surface area contributed by atoms with Crippen LogP contribution in [0, 0.1) is 0 Å². The smallest absolute Gasteiger partial charge is 0.303 e. The summed E-state index contributed by atoms with van der Waals surface area (Å²) in [6, 6.07) is 0. The van der Waals surface area contributed by atoms with Crippen molar-refractivity contribution in [3.05, 3.63) is 0 Å². The van der Waals surface area contributed by atoms with E-state index in [4.69, 9.17) is 19.2 Å². The molecule has 0 saturated carbocycles. The third-order valence-corrected chi connectivity index (χ3v) is 0. The zero-order valence-corrected chi connectivity index (χ0v) is 3.67. The minimum atomic E-state index is -4.64. The molecule has 4 nitrogen and oxygen atoms in total. The van der Waals surface area contributed by atoms with Crippen molar-refractivity contribution >= 4 is 16.2 Å². The van der Waals surface area contributed by atoms with Crippen LogP contribution in [0.2, 0.25) is 0 Å². The zero-order valence-electron chi connectivity index (χ0n) is 3.77. The Morgan fingerprint density at radius 2 is 1.33 bits per heavy atom. The van der Waals surface area contributed by atoms with Crippen LogP contribution in [0.5, 0.6) is 0 Å². The molecule has 0 aliphatic rings. The predicted molar refractivity (Wildman–Crippen MR) is 21.1 cm³/mol. The summed E-state index contributed by atoms with van der Waals surface area (Å²) in [5, 5.41) is 0. The average molecular weight is 110 g/mol. The molecule has 0 saturated heterocycles. The molecule has 6 heavy (non-hydrogen) atoms. The van der Waals surface area contributed by atoms with E-state index in [2.05, 4.69) is 0 Å². The van der Waals surface area contributed by atoms with Gasteiger partial charge in [0, 0.05) is 0 Å². The molecule has 32 valence electrons. The van der Waals surface area contributed by atoms with E-state index in [0.29, 0.717) is 0 Å². The van der Waals surface area contributed by atoms with Gasteiger partial charge in [0.2, 0.25) is 0 Å². The summed E-state index contributed by atoms with van der Waals surface area (Å²) >= 11 is 0. The molecule has 0 aromatic heterocycles. The molecular formula is H4BO4P+4. The van der Waals surface area contributed by atoms with E-state index < -0.39 is 7.82 Å². The van der Waals surface area contributed by atoms with Gasteiger partial charge in [-0.1, -0.05) is 0 Å². The van der Waals surface area contributed by atoms with Crippen molar-refractivity contribution in [2.45, 2.75) is 0 Å². The van der Waals surface area contributed by atoms with Gasteiger partial charge in [-0.05, 0) is 0 Å². The van der Waals surface area contributed by atoms with Crippen LogP contribution in [0.3, 0.4) is 0 Å². The van der Waals surface area contributed by atoms with Gasteiger partial charge in [-0.2, -0.15) is 0 Å². The van der Waals surface area contributed by atoms with Gasteiger partial charge in [0.05, 0.1) is 0 Å². The van der Waals surface area contributed by atoms with Gasteiger partial charge in [-0.25, -0.2) is 4.57 Å². The molecule has 0 fully saturated rings. The summed E-state index contributed by atoms with van der Waals surface area (Å²) in [5.74, 6) is 0. The van der Waals surface area contributed by atoms with Crippen molar-refractivity contribution in [2.24, 2.45) is 0 Å². The summed E-state index contributed by atoms with van der Waals surface area (Å²) < 4.78 is 8.88. The first-order chi connectivity index (χ1) is 2.00. The van der Waals surface area contributed by atoms with Gasteiger partial charge in [0.15, 0.2) is 0 Å². The van der Waals surface area contributed by atoms with Gasteiger partial charge in [-0.3, -0.25) is 0 Å². The Morgan fingerprint density at radius 3 is 1.33 bits per heavy atom. The fourth-order valence-electron chi connectivity index (χ4n) is 0. The monoisotopic (exact) mass is 110 g/mol. The molecule has 6 heteroatoms. The van der Waals surface area contributed by atoms with Crippen molar-refractivity contribution in [1.82, 2.24) is 0 Å². The standard InChI is InChI=1S/B.H3O4P/c;1-5(2,3)4/h;(H3,1,2,3,4)/q+3;/p+1. The topological polar surface area (TPSA) is 77.8 Å². The Bertz CT molecular complexity index is 57.8. The fraction of sp³-hybridized carbons (Fsp3) is 0. The Labute approximate surface area is 38.1 Å². The van der Waals surface area contributed by atoms with Crippen molar-refractivity contribution in [1.29, 1.82) is 0 Å². The summed E-state index contributed by atoms with van der Waals surface area (Å²) in [7, 11) is -4.64. The first-order valence-electron chi connectivity index (χ1n) is 0.783. The normalized spacial score (nSPS) is 9.83. The van der Waals surface area contributed by atoms with E-state index >= 15 is 0 Å². The Morgan fingerprint density at radius 1 is 1.33 bits per heavy atom. The third-order valence-electron chi connectivity index (χ3n) is 0. The van der Waals surface area contributed by atoms with Gasteiger partial charge < -0.3 is 14.7 Å². The van der Waals surface area contributed by atoms with Gasteiger partial charge in [-0.15, -0.1) is 0 Å². The number of phosphoric acid groups is 1. The molecule has 0 unspecified atom stereocenters. The molecule has 0 bridgehead atoms. The van der Waals surface area contributed by atoms with E-state index in [-0.39, 0.29) is 9.84 Å². The van der Waals surface area contributed by atoms with Crippen molar-refractivity contribution in [3.63, 3.8) is 0 Å². The van der Waals surface area contributed by atoms with Crippen LogP contribution < -0.4 is 0 Å².